The number of thiophene rings is 1. The van der Waals surface area contributed by atoms with Crippen LogP contribution in [0.25, 0.3) is 21.3 Å². The highest BCUT2D eigenvalue weighted by molar-refractivity contribution is 7.19. The lowest BCUT2D eigenvalue weighted by Gasteiger charge is -2.20. The fourth-order valence-corrected chi connectivity index (χ4v) is 5.76. The van der Waals surface area contributed by atoms with Gasteiger partial charge in [-0.1, -0.05) is 48.5 Å². The molecule has 36 heavy (non-hydrogen) atoms. The molecule has 0 atom stereocenters. The van der Waals surface area contributed by atoms with Gasteiger partial charge in [0.2, 0.25) is 0 Å². The molecule has 0 spiro atoms. The van der Waals surface area contributed by atoms with Gasteiger partial charge in [-0.05, 0) is 37.6 Å². The fourth-order valence-electron chi connectivity index (χ4n) is 4.75. The molecule has 0 amide bonds. The zero-order valence-corrected chi connectivity index (χ0v) is 20.5. The van der Waals surface area contributed by atoms with Crippen molar-refractivity contribution in [3.63, 3.8) is 0 Å². The summed E-state index contributed by atoms with van der Waals surface area (Å²) in [6.07, 6.45) is 1.51. The molecule has 6 rings (SSSR count). The molecule has 1 N–H and O–H groups in total. The second-order valence-corrected chi connectivity index (χ2v) is 9.65. The molecule has 176 valence electrons. The Hall–Kier alpha value is -4.36. The normalized spacial score (nSPS) is 12.4. The Balaban J connectivity index is 1.48. The maximum absolute atomic E-state index is 13.5. The quantitative estimate of drug-likeness (QED) is 0.293. The Morgan fingerprint density at radius 3 is 2.31 bits per heavy atom. The summed E-state index contributed by atoms with van der Waals surface area (Å²) < 4.78 is 5.60. The van der Waals surface area contributed by atoms with E-state index >= 15 is 0 Å². The van der Waals surface area contributed by atoms with Crippen molar-refractivity contribution >= 4 is 44.6 Å². The number of ether oxygens (including phenoxy) is 1. The Labute approximate surface area is 211 Å². The molecular formula is C29H21N3O3S. The van der Waals surface area contributed by atoms with Crippen molar-refractivity contribution in [2.24, 2.45) is 0 Å². The molecular weight excluding hydrogens is 470 g/mol. The Morgan fingerprint density at radius 2 is 1.56 bits per heavy atom. The molecule has 2 aromatic heterocycles. The number of nitrogens with one attached hydrogen (secondary N) is 1. The maximum Gasteiger partial charge on any atom is 0.196 e. The number of aryl methyl sites for hydroxylation is 1. The van der Waals surface area contributed by atoms with Crippen LogP contribution in [0.2, 0.25) is 0 Å². The molecule has 1 aliphatic rings. The van der Waals surface area contributed by atoms with E-state index in [0.29, 0.717) is 40.4 Å². The Kier molecular flexibility index (Phi) is 5.34. The van der Waals surface area contributed by atoms with E-state index in [1.807, 2.05) is 37.3 Å². The minimum Gasteiger partial charge on any atom is -0.494 e. The van der Waals surface area contributed by atoms with E-state index in [0.717, 1.165) is 32.0 Å². The summed E-state index contributed by atoms with van der Waals surface area (Å²) in [5.74, 6) is 1.06. The first-order valence-electron chi connectivity index (χ1n) is 11.6. The van der Waals surface area contributed by atoms with Gasteiger partial charge in [-0.25, -0.2) is 9.97 Å². The fraction of sp³-hybridized carbons (Fsp3) is 0.103. The number of anilines is 2. The number of hydrogen-bond acceptors (Lipinski definition) is 7. The molecule has 0 unspecified atom stereocenters. The number of carbonyl (C=O) groups excluding carboxylic acids is 2. The van der Waals surface area contributed by atoms with E-state index in [2.05, 4.69) is 22.2 Å². The van der Waals surface area contributed by atoms with E-state index in [4.69, 9.17) is 4.74 Å². The van der Waals surface area contributed by atoms with Crippen molar-refractivity contribution in [3.05, 3.63) is 100 Å². The third-order valence-electron chi connectivity index (χ3n) is 6.32. The second-order valence-electron chi connectivity index (χ2n) is 8.45. The van der Waals surface area contributed by atoms with Crippen LogP contribution < -0.4 is 10.1 Å². The van der Waals surface area contributed by atoms with Gasteiger partial charge in [0.05, 0.1) is 23.2 Å². The lowest BCUT2D eigenvalue weighted by atomic mass is 9.83. The summed E-state index contributed by atoms with van der Waals surface area (Å²) in [6, 6.07) is 20.2. The number of hydrogen-bond donors (Lipinski definition) is 1. The van der Waals surface area contributed by atoms with Gasteiger partial charge in [0.25, 0.3) is 0 Å². The zero-order chi connectivity index (χ0) is 24.8. The monoisotopic (exact) mass is 491 g/mol. The number of carbonyl (C=O) groups is 2. The van der Waals surface area contributed by atoms with Crippen LogP contribution in [0.15, 0.2) is 73.1 Å². The van der Waals surface area contributed by atoms with Crippen LogP contribution in [-0.2, 0) is 0 Å². The van der Waals surface area contributed by atoms with E-state index < -0.39 is 0 Å². The summed E-state index contributed by atoms with van der Waals surface area (Å²) in [5, 5.41) is 4.24. The van der Waals surface area contributed by atoms with Crippen molar-refractivity contribution in [2.75, 3.05) is 11.9 Å². The molecule has 0 bridgehead atoms. The number of rotatable bonds is 5. The third kappa shape index (κ3) is 3.48. The number of fused-ring (bicyclic) bond motifs is 3. The van der Waals surface area contributed by atoms with E-state index in [-0.39, 0.29) is 11.6 Å². The summed E-state index contributed by atoms with van der Waals surface area (Å²) in [7, 11) is 0. The van der Waals surface area contributed by atoms with Gasteiger partial charge in [0.15, 0.2) is 11.6 Å². The predicted molar refractivity (Wildman–Crippen MR) is 142 cm³/mol. The SMILES string of the molecule is CCOc1ccc(-c2c(C)sc3ncnc(Nc4cccc5c4C(=O)c4ccccc4C5=O)c23)cc1. The van der Waals surface area contributed by atoms with Gasteiger partial charge in [0, 0.05) is 27.1 Å². The first-order valence-corrected chi connectivity index (χ1v) is 12.4. The van der Waals surface area contributed by atoms with Crippen molar-refractivity contribution in [1.82, 2.24) is 9.97 Å². The minimum absolute atomic E-state index is 0.155. The summed E-state index contributed by atoms with van der Waals surface area (Å²) >= 11 is 1.59. The van der Waals surface area contributed by atoms with Crippen molar-refractivity contribution in [2.45, 2.75) is 13.8 Å². The predicted octanol–water partition coefficient (Wildman–Crippen LogP) is 6.58. The van der Waals surface area contributed by atoms with Crippen molar-refractivity contribution in [3.8, 4) is 16.9 Å². The molecule has 1 aliphatic carbocycles. The average molecular weight is 492 g/mol. The lowest BCUT2D eigenvalue weighted by Crippen LogP contribution is -2.22. The zero-order valence-electron chi connectivity index (χ0n) is 19.7. The molecule has 2 heterocycles. The number of benzene rings is 3. The molecule has 0 radical (unpaired) electrons. The molecule has 0 aliphatic heterocycles. The first-order chi connectivity index (χ1) is 17.6. The molecule has 0 saturated carbocycles. The van der Waals surface area contributed by atoms with E-state index in [9.17, 15) is 9.59 Å². The van der Waals surface area contributed by atoms with Crippen LogP contribution in [0.5, 0.6) is 5.75 Å². The van der Waals surface area contributed by atoms with Crippen LogP contribution in [0, 0.1) is 6.92 Å². The van der Waals surface area contributed by atoms with Crippen molar-refractivity contribution < 1.29 is 14.3 Å². The van der Waals surface area contributed by atoms with Gasteiger partial charge in [-0.15, -0.1) is 11.3 Å². The lowest BCUT2D eigenvalue weighted by molar-refractivity contribution is 0.0979. The van der Waals surface area contributed by atoms with Crippen molar-refractivity contribution in [1.29, 1.82) is 0 Å². The highest BCUT2D eigenvalue weighted by Crippen LogP contribution is 2.42. The molecule has 3 aromatic carbocycles. The van der Waals surface area contributed by atoms with Crippen LogP contribution in [0.4, 0.5) is 11.5 Å². The van der Waals surface area contributed by atoms with Crippen LogP contribution >= 0.6 is 11.3 Å². The van der Waals surface area contributed by atoms with Gasteiger partial charge in [-0.2, -0.15) is 0 Å². The second kappa shape index (κ2) is 8.70. The molecule has 6 nitrogen and oxygen atoms in total. The molecule has 0 fully saturated rings. The highest BCUT2D eigenvalue weighted by atomic mass is 32.1. The first kappa shape index (κ1) is 22.1. The number of nitrogens with zero attached hydrogens (tertiary/aromatic N) is 2. The van der Waals surface area contributed by atoms with Crippen LogP contribution in [0.1, 0.15) is 43.6 Å². The average Bonchev–Trinajstić information content (AvgIpc) is 3.24. The van der Waals surface area contributed by atoms with Crippen LogP contribution in [-0.4, -0.2) is 28.1 Å². The Bertz CT molecular complexity index is 1670. The largest absolute Gasteiger partial charge is 0.494 e. The topological polar surface area (TPSA) is 81.2 Å². The van der Waals surface area contributed by atoms with Gasteiger partial charge < -0.3 is 10.1 Å². The summed E-state index contributed by atoms with van der Waals surface area (Å²) in [4.78, 5) is 37.6. The smallest absolute Gasteiger partial charge is 0.196 e. The van der Waals surface area contributed by atoms with E-state index in [1.165, 1.54) is 6.33 Å². The number of aromatic nitrogens is 2. The minimum atomic E-state index is -0.179. The number of ketones is 2. The van der Waals surface area contributed by atoms with Gasteiger partial charge >= 0.3 is 0 Å². The molecule has 0 saturated heterocycles. The van der Waals surface area contributed by atoms with E-state index in [1.54, 1.807) is 47.7 Å². The van der Waals surface area contributed by atoms with Gasteiger partial charge in [-0.3, -0.25) is 9.59 Å². The standard InChI is InChI=1S/C29H21N3O3S/c1-3-35-18-13-11-17(12-14-18)23-16(2)36-29-25(23)28(30-15-31-29)32-22-10-6-9-21-24(22)27(34)20-8-5-4-7-19(20)26(21)33/h4-15H,3H2,1-2H3,(H,30,31,32). The van der Waals surface area contributed by atoms with Gasteiger partial charge in [0.1, 0.15) is 22.7 Å². The maximum atomic E-state index is 13.5. The summed E-state index contributed by atoms with van der Waals surface area (Å²) in [5.41, 5.74) is 4.20. The Morgan fingerprint density at radius 1 is 0.833 bits per heavy atom. The third-order valence-corrected chi connectivity index (χ3v) is 7.34. The van der Waals surface area contributed by atoms with Crippen LogP contribution in [0.3, 0.4) is 0 Å². The molecule has 5 aromatic rings. The highest BCUT2D eigenvalue weighted by Gasteiger charge is 2.31. The molecule has 7 heteroatoms. The summed E-state index contributed by atoms with van der Waals surface area (Å²) in [6.45, 7) is 4.62.